The molecule has 0 saturated carbocycles. The highest BCUT2D eigenvalue weighted by Crippen LogP contribution is 2.30. The number of hydroxylamine groups is 2. The maximum absolute atomic E-state index is 11.9. The first-order chi connectivity index (χ1) is 19.8. The number of amides is 2. The van der Waals surface area contributed by atoms with E-state index in [1.165, 1.54) is 11.1 Å². The number of carbonyl (C=O) groups is 2. The number of aromatic carboxylic acids is 1. The van der Waals surface area contributed by atoms with Crippen LogP contribution in [0.15, 0.2) is 72.8 Å². The Hall–Kier alpha value is -3.63. The number of carbonyl (C=O) groups excluding carboxylic acids is 1. The average molecular weight is 597 g/mol. The van der Waals surface area contributed by atoms with Crippen LogP contribution in [0, 0.1) is 0 Å². The highest BCUT2D eigenvalue weighted by atomic mass is 35.5. The number of piperazine rings is 1. The summed E-state index contributed by atoms with van der Waals surface area (Å²) < 4.78 is 5.92. The van der Waals surface area contributed by atoms with Crippen molar-refractivity contribution in [3.8, 4) is 5.75 Å². The van der Waals surface area contributed by atoms with Crippen molar-refractivity contribution < 1.29 is 24.6 Å². The SMILES string of the molecule is C.NC(=O)N(O)CCCCc1ccc(OCCN2CCN([C@H](c3ccccc3)c3ccc(Cl)cc3)CC2)c(C(=O)O)c1. The molecule has 4 rings (SSSR count). The van der Waals surface area contributed by atoms with Gasteiger partial charge in [-0.15, -0.1) is 0 Å². The Balaban J connectivity index is 0.00000484. The van der Waals surface area contributed by atoms with Crippen molar-refractivity contribution in [1.29, 1.82) is 0 Å². The number of carboxylic acid groups (broad SMARTS) is 1. The van der Waals surface area contributed by atoms with Crippen LogP contribution in [-0.2, 0) is 6.42 Å². The third-order valence-electron chi connectivity index (χ3n) is 7.35. The Labute approximate surface area is 253 Å². The Morgan fingerprint density at radius 2 is 1.62 bits per heavy atom. The molecule has 1 aliphatic heterocycles. The highest BCUT2D eigenvalue weighted by molar-refractivity contribution is 6.30. The molecule has 9 nitrogen and oxygen atoms in total. The van der Waals surface area contributed by atoms with E-state index in [0.717, 1.165) is 36.8 Å². The maximum atomic E-state index is 11.9. The molecular formula is C32H41ClN4O5. The van der Waals surface area contributed by atoms with Gasteiger partial charge in [-0.1, -0.05) is 67.6 Å². The average Bonchev–Trinajstić information content (AvgIpc) is 2.98. The van der Waals surface area contributed by atoms with Crippen LogP contribution in [-0.4, -0.2) is 83.1 Å². The molecule has 0 radical (unpaired) electrons. The van der Waals surface area contributed by atoms with Gasteiger partial charge in [0.15, 0.2) is 0 Å². The van der Waals surface area contributed by atoms with Gasteiger partial charge in [0.25, 0.3) is 0 Å². The van der Waals surface area contributed by atoms with Crippen LogP contribution in [0.3, 0.4) is 0 Å². The Bertz CT molecular complexity index is 1280. The fraction of sp³-hybridized carbons (Fsp3) is 0.375. The lowest BCUT2D eigenvalue weighted by molar-refractivity contribution is -0.0402. The second-order valence-corrected chi connectivity index (χ2v) is 10.6. The maximum Gasteiger partial charge on any atom is 0.339 e. The van der Waals surface area contributed by atoms with E-state index < -0.39 is 12.0 Å². The summed E-state index contributed by atoms with van der Waals surface area (Å²) in [5.74, 6) is -0.693. The minimum Gasteiger partial charge on any atom is -0.491 e. The highest BCUT2D eigenvalue weighted by Gasteiger charge is 2.26. The van der Waals surface area contributed by atoms with Gasteiger partial charge < -0.3 is 15.6 Å². The van der Waals surface area contributed by atoms with E-state index in [2.05, 4.69) is 46.2 Å². The van der Waals surface area contributed by atoms with Crippen molar-refractivity contribution in [2.75, 3.05) is 45.9 Å². The number of nitrogens with two attached hydrogens (primary N) is 1. The molecule has 3 aromatic carbocycles. The molecule has 226 valence electrons. The van der Waals surface area contributed by atoms with Crippen molar-refractivity contribution in [2.45, 2.75) is 32.7 Å². The van der Waals surface area contributed by atoms with Crippen LogP contribution in [0.1, 0.15) is 53.4 Å². The van der Waals surface area contributed by atoms with Crippen molar-refractivity contribution >= 4 is 23.6 Å². The molecule has 0 unspecified atom stereocenters. The number of halogens is 1. The molecule has 0 bridgehead atoms. The molecule has 1 heterocycles. The van der Waals surface area contributed by atoms with E-state index in [-0.39, 0.29) is 25.6 Å². The molecule has 0 aliphatic carbocycles. The Morgan fingerprint density at radius 1 is 0.952 bits per heavy atom. The number of aryl methyl sites for hydroxylation is 1. The number of benzene rings is 3. The molecule has 0 spiro atoms. The second-order valence-electron chi connectivity index (χ2n) is 10.1. The molecule has 1 aliphatic rings. The number of hydrogen-bond donors (Lipinski definition) is 3. The molecular weight excluding hydrogens is 556 g/mol. The quantitative estimate of drug-likeness (QED) is 0.134. The molecule has 3 aromatic rings. The molecule has 1 saturated heterocycles. The van der Waals surface area contributed by atoms with E-state index in [4.69, 9.17) is 22.1 Å². The Kier molecular flexibility index (Phi) is 12.6. The van der Waals surface area contributed by atoms with Crippen LogP contribution in [0.25, 0.3) is 0 Å². The van der Waals surface area contributed by atoms with Gasteiger partial charge >= 0.3 is 12.0 Å². The number of rotatable bonds is 13. The lowest BCUT2D eigenvalue weighted by Gasteiger charge is -2.39. The smallest absolute Gasteiger partial charge is 0.339 e. The van der Waals surface area contributed by atoms with Crippen molar-refractivity contribution in [3.63, 3.8) is 0 Å². The summed E-state index contributed by atoms with van der Waals surface area (Å²) in [6, 6.07) is 23.0. The zero-order valence-electron chi connectivity index (χ0n) is 23.0. The lowest BCUT2D eigenvalue weighted by atomic mass is 9.96. The van der Waals surface area contributed by atoms with Crippen LogP contribution >= 0.6 is 11.6 Å². The summed E-state index contributed by atoms with van der Waals surface area (Å²) in [5, 5.41) is 20.3. The van der Waals surface area contributed by atoms with E-state index in [9.17, 15) is 19.9 Å². The third-order valence-corrected chi connectivity index (χ3v) is 7.60. The number of unbranched alkanes of at least 4 members (excludes halogenated alkanes) is 1. The Morgan fingerprint density at radius 3 is 2.26 bits per heavy atom. The zero-order valence-corrected chi connectivity index (χ0v) is 23.7. The van der Waals surface area contributed by atoms with Gasteiger partial charge in [0.2, 0.25) is 0 Å². The number of urea groups is 1. The number of hydrogen-bond acceptors (Lipinski definition) is 6. The van der Waals surface area contributed by atoms with Gasteiger partial charge in [-0.3, -0.25) is 15.0 Å². The summed E-state index contributed by atoms with van der Waals surface area (Å²) in [5.41, 5.74) is 8.44. The molecule has 1 fully saturated rings. The molecule has 1 atom stereocenters. The monoisotopic (exact) mass is 596 g/mol. The van der Waals surface area contributed by atoms with Crippen molar-refractivity contribution in [3.05, 3.63) is 100 Å². The largest absolute Gasteiger partial charge is 0.491 e. The summed E-state index contributed by atoms with van der Waals surface area (Å²) >= 11 is 6.15. The summed E-state index contributed by atoms with van der Waals surface area (Å²) in [7, 11) is 0. The molecule has 2 amide bonds. The van der Waals surface area contributed by atoms with Gasteiger partial charge in [-0.05, 0) is 60.2 Å². The fourth-order valence-corrected chi connectivity index (χ4v) is 5.28. The van der Waals surface area contributed by atoms with E-state index in [1.54, 1.807) is 12.1 Å². The minimum absolute atomic E-state index is 0. The molecule has 10 heteroatoms. The van der Waals surface area contributed by atoms with Crippen LogP contribution in [0.4, 0.5) is 4.79 Å². The van der Waals surface area contributed by atoms with Crippen molar-refractivity contribution in [1.82, 2.24) is 14.9 Å². The first kappa shape index (κ1) is 32.9. The molecule has 42 heavy (non-hydrogen) atoms. The number of carboxylic acids is 1. The second kappa shape index (κ2) is 16.1. The fourth-order valence-electron chi connectivity index (χ4n) is 5.15. The summed E-state index contributed by atoms with van der Waals surface area (Å²) in [6.07, 6.45) is 1.81. The van der Waals surface area contributed by atoms with E-state index in [0.29, 0.717) is 43.2 Å². The normalized spacial score (nSPS) is 14.5. The first-order valence-electron chi connectivity index (χ1n) is 13.8. The predicted octanol–water partition coefficient (Wildman–Crippen LogP) is 5.55. The summed E-state index contributed by atoms with van der Waals surface area (Å²) in [6.45, 7) is 4.76. The van der Waals surface area contributed by atoms with Gasteiger partial charge in [-0.25, -0.2) is 14.7 Å². The number of ether oxygens (including phenoxy) is 1. The van der Waals surface area contributed by atoms with Crippen LogP contribution in [0.2, 0.25) is 5.02 Å². The standard InChI is InChI=1S/C31H37ClN4O5.CH4/c32-26-12-10-25(11-13-26)29(24-7-2-1-3-8-24)35-18-16-34(17-19-35)20-21-41-28-14-9-23(22-27(28)30(37)38)6-4-5-15-36(40)31(33)39;/h1-3,7-14,22,29,40H,4-6,15-21H2,(H2,33,39)(H,37,38);1H4/t29-;/m1./s1. The number of nitrogens with zero attached hydrogens (tertiary/aromatic N) is 3. The first-order valence-corrected chi connectivity index (χ1v) is 14.2. The topological polar surface area (TPSA) is 120 Å². The van der Waals surface area contributed by atoms with E-state index in [1.807, 2.05) is 24.3 Å². The van der Waals surface area contributed by atoms with Gasteiger partial charge in [-0.2, -0.15) is 0 Å². The minimum atomic E-state index is -1.04. The van der Waals surface area contributed by atoms with Crippen LogP contribution < -0.4 is 10.5 Å². The van der Waals surface area contributed by atoms with Crippen molar-refractivity contribution in [2.24, 2.45) is 5.73 Å². The molecule has 0 aromatic heterocycles. The van der Waals surface area contributed by atoms with Gasteiger partial charge in [0.1, 0.15) is 17.9 Å². The summed E-state index contributed by atoms with van der Waals surface area (Å²) in [4.78, 5) is 27.6. The lowest BCUT2D eigenvalue weighted by Crippen LogP contribution is -2.48. The van der Waals surface area contributed by atoms with E-state index >= 15 is 0 Å². The van der Waals surface area contributed by atoms with Crippen LogP contribution in [0.5, 0.6) is 5.75 Å². The van der Waals surface area contributed by atoms with Gasteiger partial charge in [0, 0.05) is 37.7 Å². The predicted molar refractivity (Wildman–Crippen MR) is 164 cm³/mol. The molecule has 4 N–H and O–H groups in total. The van der Waals surface area contributed by atoms with Gasteiger partial charge in [0.05, 0.1) is 12.6 Å². The third kappa shape index (κ3) is 9.19. The number of primary amides is 1. The zero-order chi connectivity index (χ0) is 29.2.